The Morgan fingerprint density at radius 2 is 0.647 bits per heavy atom. The minimum Gasteiger partial charge on any atom is -0.480 e. The van der Waals surface area contributed by atoms with E-state index in [2.05, 4.69) is 53.2 Å². The molecule has 0 aromatic heterocycles. The van der Waals surface area contributed by atoms with E-state index in [9.17, 15) is 62.3 Å². The van der Waals surface area contributed by atoms with Crippen molar-refractivity contribution >= 4 is 77.4 Å². The number of urea groups is 1. The molecule has 1 rings (SSSR count). The Kier molecular flexibility index (Phi) is 60.3. The summed E-state index contributed by atoms with van der Waals surface area (Å²) in [5.41, 5.74) is -1.84. The molecule has 0 heterocycles. The van der Waals surface area contributed by atoms with Crippen LogP contribution < -0.4 is 53.2 Å². The largest absolute Gasteiger partial charge is 0.480 e. The molecule has 119 heavy (non-hydrogen) atoms. The van der Waals surface area contributed by atoms with Gasteiger partial charge in [-0.15, -0.1) is 0 Å². The standard InChI is InChI=1S/C79H136N10O30/c1-57(70(96)86-59(3)72(98)99)84-69(95)58(2)85-71(97)61(89-76(103)116-56-60-18-14-13-15-19-60)20-16-17-28-80-65(91)25-32-104-38-44-110-50-54-114-48-42-108-36-30-82-67(93)27-34-106-40-46-112-52-55-115-49-43-109-37-31-83-66(92)26-33-105-39-45-111-51-53-113-47-41-107-35-29-81-64(90)23-21-62(73(100)118-78(7,8)9)87-75(102)88-63(74(101)119-79(10,11)12)22-24-68(94)117-77(4,5)6/h13-15,18-19,57-59,61-63H,16-17,20-56H2,1-12H3,(H,80,91)(H,81,90)(H,82,93)(H,83,92)(H,84,95)(H,85,97)(H,86,96)(H,89,103)(H,98,99)(H2,87,88,102)/t57-,58-,59-,61-,62-,63-/m0/s1. The zero-order valence-electron chi connectivity index (χ0n) is 71.7. The number of carboxylic acids is 1. The molecule has 0 spiro atoms. The molecule has 1 aromatic carbocycles. The van der Waals surface area contributed by atoms with Gasteiger partial charge in [0.25, 0.3) is 0 Å². The fourth-order valence-corrected chi connectivity index (χ4v) is 9.51. The van der Waals surface area contributed by atoms with Gasteiger partial charge in [0.1, 0.15) is 59.7 Å². The van der Waals surface area contributed by atoms with Crippen molar-refractivity contribution in [3.05, 3.63) is 35.9 Å². The van der Waals surface area contributed by atoms with Crippen LogP contribution >= 0.6 is 0 Å². The van der Waals surface area contributed by atoms with Crippen LogP contribution in [0, 0.1) is 0 Å². The van der Waals surface area contributed by atoms with Crippen LogP contribution in [0.2, 0.25) is 0 Å². The van der Waals surface area contributed by atoms with Crippen LogP contribution in [0.15, 0.2) is 30.3 Å². The van der Waals surface area contributed by atoms with Gasteiger partial charge in [-0.2, -0.15) is 0 Å². The number of benzene rings is 1. The van der Waals surface area contributed by atoms with Crippen LogP contribution in [0.5, 0.6) is 0 Å². The van der Waals surface area contributed by atoms with E-state index in [1.165, 1.54) is 20.8 Å². The van der Waals surface area contributed by atoms with Crippen LogP contribution in [-0.2, 0) is 135 Å². The summed E-state index contributed by atoms with van der Waals surface area (Å²) in [5.74, 6) is -6.57. The quantitative estimate of drug-likeness (QED) is 0.0250. The van der Waals surface area contributed by atoms with Gasteiger partial charge in [0.05, 0.1) is 159 Å². The topological polar surface area (TPSA) is 510 Å². The molecule has 1 aromatic rings. The van der Waals surface area contributed by atoms with Crippen molar-refractivity contribution in [3.63, 3.8) is 0 Å². The molecule has 0 unspecified atom stereocenters. The lowest BCUT2D eigenvalue weighted by atomic mass is 10.1. The molecule has 40 nitrogen and oxygen atoms in total. The van der Waals surface area contributed by atoms with Crippen molar-refractivity contribution in [3.8, 4) is 0 Å². The molecule has 0 bridgehead atoms. The van der Waals surface area contributed by atoms with E-state index in [4.69, 9.17) is 80.9 Å². The Hall–Kier alpha value is -8.55. The van der Waals surface area contributed by atoms with Crippen molar-refractivity contribution in [1.29, 1.82) is 0 Å². The van der Waals surface area contributed by atoms with E-state index < -0.39 is 113 Å². The molecule has 0 radical (unpaired) electrons. The lowest BCUT2D eigenvalue weighted by Gasteiger charge is -2.27. The fraction of sp³-hybridized carbons (Fsp3) is 0.759. The zero-order chi connectivity index (χ0) is 88.5. The number of amides is 10. The monoisotopic (exact) mass is 1700 g/mol. The average molecular weight is 1710 g/mol. The summed E-state index contributed by atoms with van der Waals surface area (Å²) in [7, 11) is 0. The van der Waals surface area contributed by atoms with Crippen LogP contribution in [0.1, 0.15) is 153 Å². The summed E-state index contributed by atoms with van der Waals surface area (Å²) in [6, 6.07) is 0.904. The molecule has 682 valence electrons. The summed E-state index contributed by atoms with van der Waals surface area (Å²) in [6.45, 7) is 27.2. The molecule has 10 amide bonds. The first-order valence-electron chi connectivity index (χ1n) is 40.4. The zero-order valence-corrected chi connectivity index (χ0v) is 71.7. The smallest absolute Gasteiger partial charge is 0.408 e. The highest BCUT2D eigenvalue weighted by Gasteiger charge is 2.33. The number of rotatable bonds is 70. The predicted octanol–water partition coefficient (Wildman–Crippen LogP) is 1.51. The Balaban J connectivity index is 1.99. The third-order valence-electron chi connectivity index (χ3n) is 15.5. The number of unbranched alkanes of at least 4 members (excludes halogenated alkanes) is 1. The Morgan fingerprint density at radius 3 is 1.01 bits per heavy atom. The molecular formula is C79H136N10O30. The second-order valence-corrected chi connectivity index (χ2v) is 29.7. The van der Waals surface area contributed by atoms with Gasteiger partial charge in [-0.05, 0) is 121 Å². The van der Waals surface area contributed by atoms with Crippen molar-refractivity contribution < 1.29 is 143 Å². The first-order valence-corrected chi connectivity index (χ1v) is 40.4. The summed E-state index contributed by atoms with van der Waals surface area (Å²) in [4.78, 5) is 164. The number of carbonyl (C=O) groups excluding carboxylic acids is 12. The predicted molar refractivity (Wildman–Crippen MR) is 429 cm³/mol. The second-order valence-electron chi connectivity index (χ2n) is 29.7. The van der Waals surface area contributed by atoms with Gasteiger partial charge in [0.15, 0.2) is 0 Å². The van der Waals surface area contributed by atoms with Crippen molar-refractivity contribution in [2.24, 2.45) is 0 Å². The highest BCUT2D eigenvalue weighted by atomic mass is 16.6. The number of esters is 3. The van der Waals surface area contributed by atoms with Crippen molar-refractivity contribution in [1.82, 2.24) is 53.2 Å². The molecule has 0 aliphatic rings. The maximum Gasteiger partial charge on any atom is 0.408 e. The number of alkyl carbamates (subject to hydrolysis) is 1. The number of carbonyl (C=O) groups is 13. The molecule has 0 saturated carbocycles. The minimum atomic E-state index is -1.26. The number of hydrogen-bond donors (Lipinski definition) is 11. The van der Waals surface area contributed by atoms with Gasteiger partial charge in [-0.25, -0.2) is 19.2 Å². The van der Waals surface area contributed by atoms with Crippen LogP contribution in [0.4, 0.5) is 9.59 Å². The van der Waals surface area contributed by atoms with Crippen LogP contribution in [0.25, 0.3) is 0 Å². The molecule has 11 N–H and O–H groups in total. The summed E-state index contributed by atoms with van der Waals surface area (Å²) >= 11 is 0. The maximum atomic E-state index is 13.3. The summed E-state index contributed by atoms with van der Waals surface area (Å²) < 4.78 is 87.6. The molecule has 6 atom stereocenters. The van der Waals surface area contributed by atoms with Crippen LogP contribution in [0.3, 0.4) is 0 Å². The van der Waals surface area contributed by atoms with Gasteiger partial charge in [-0.1, -0.05) is 30.3 Å². The normalized spacial score (nSPS) is 13.0. The maximum absolute atomic E-state index is 13.3. The first kappa shape index (κ1) is 108. The van der Waals surface area contributed by atoms with E-state index >= 15 is 0 Å². The average Bonchev–Trinajstić information content (AvgIpc) is 0.821. The summed E-state index contributed by atoms with van der Waals surface area (Å²) in [6.07, 6.45) is -0.0621. The number of hydrogen-bond acceptors (Lipinski definition) is 29. The Morgan fingerprint density at radius 1 is 0.328 bits per heavy atom. The lowest BCUT2D eigenvalue weighted by molar-refractivity contribution is -0.159. The third kappa shape index (κ3) is 65.0. The van der Waals surface area contributed by atoms with E-state index in [1.807, 2.05) is 6.07 Å². The van der Waals surface area contributed by atoms with E-state index in [1.54, 1.807) is 86.6 Å². The van der Waals surface area contributed by atoms with Gasteiger partial charge in [0.2, 0.25) is 41.4 Å². The third-order valence-corrected chi connectivity index (χ3v) is 15.5. The first-order chi connectivity index (χ1) is 56.5. The van der Waals surface area contributed by atoms with Crippen molar-refractivity contribution in [2.75, 3.05) is 185 Å². The van der Waals surface area contributed by atoms with Gasteiger partial charge in [-0.3, -0.25) is 43.2 Å². The second kappa shape index (κ2) is 66.2. The number of nitrogens with one attached hydrogen (secondary N) is 10. The molecule has 0 saturated heterocycles. The molecule has 40 heteroatoms. The molecule has 0 aliphatic carbocycles. The molecule has 0 fully saturated rings. The van der Waals surface area contributed by atoms with E-state index in [0.29, 0.717) is 138 Å². The number of ether oxygens (including phenoxy) is 16. The Bertz CT molecular complexity index is 3050. The van der Waals surface area contributed by atoms with Crippen molar-refractivity contribution in [2.45, 2.75) is 207 Å². The number of aliphatic carboxylic acids is 1. The molecular weight excluding hydrogens is 1570 g/mol. The van der Waals surface area contributed by atoms with Gasteiger partial charge in [0, 0.05) is 58.3 Å². The fourth-order valence-electron chi connectivity index (χ4n) is 9.51. The summed E-state index contributed by atoms with van der Waals surface area (Å²) in [5, 5.41) is 34.8. The van der Waals surface area contributed by atoms with Crippen LogP contribution in [-0.4, -0.2) is 320 Å². The van der Waals surface area contributed by atoms with Gasteiger partial charge < -0.3 is 134 Å². The number of carboxylic acid groups (broad SMARTS) is 1. The molecule has 0 aliphatic heterocycles. The van der Waals surface area contributed by atoms with E-state index in [-0.39, 0.29) is 135 Å². The Labute approximate surface area is 698 Å². The minimum absolute atomic E-state index is 0.0515. The lowest BCUT2D eigenvalue weighted by Crippen LogP contribution is -2.56. The SMILES string of the molecule is C[C@H](NC(=O)[C@H](C)NC(=O)[C@H](C)NC(=O)[C@H](CCCCNC(=O)CCOCCOCCOCCOCCNC(=O)CCOCCOCCOCCOCCNC(=O)CCOCCOCCOCCOCCNC(=O)CC[C@H](NC(=O)N[C@@H](CCC(=O)OC(C)(C)C)C(=O)OC(C)(C)C)C(=O)OC(C)(C)C)NC(=O)OCc1ccccc1)C(=O)O. The van der Waals surface area contributed by atoms with Gasteiger partial charge >= 0.3 is 36.0 Å². The van der Waals surface area contributed by atoms with E-state index in [0.717, 1.165) is 5.56 Å². The highest BCUT2D eigenvalue weighted by molar-refractivity contribution is 5.94. The highest BCUT2D eigenvalue weighted by Crippen LogP contribution is 2.16.